The lowest BCUT2D eigenvalue weighted by atomic mass is 10.0. The van der Waals surface area contributed by atoms with Gasteiger partial charge in [0.2, 0.25) is 10.0 Å². The van der Waals surface area contributed by atoms with Gasteiger partial charge in [-0.2, -0.15) is 0 Å². The molecule has 140 valence electrons. The van der Waals surface area contributed by atoms with Crippen molar-refractivity contribution in [3.63, 3.8) is 0 Å². The van der Waals surface area contributed by atoms with Crippen LogP contribution in [0, 0.1) is 0 Å². The van der Waals surface area contributed by atoms with Gasteiger partial charge in [-0.05, 0) is 36.6 Å². The number of hydrogen-bond acceptors (Lipinski definition) is 4. The predicted octanol–water partition coefficient (Wildman–Crippen LogP) is 2.53. The molecular weight excluding hydrogens is 352 g/mol. The minimum atomic E-state index is -3.74. The van der Waals surface area contributed by atoms with Gasteiger partial charge in [-0.1, -0.05) is 37.3 Å². The van der Waals surface area contributed by atoms with Gasteiger partial charge in [0, 0.05) is 13.1 Å². The molecule has 26 heavy (non-hydrogen) atoms. The summed E-state index contributed by atoms with van der Waals surface area (Å²) in [6.07, 6.45) is 0. The molecule has 2 aromatic carbocycles. The van der Waals surface area contributed by atoms with E-state index in [1.807, 2.05) is 37.3 Å². The summed E-state index contributed by atoms with van der Waals surface area (Å²) in [5, 5.41) is 2.65. The van der Waals surface area contributed by atoms with Crippen molar-refractivity contribution < 1.29 is 17.9 Å². The van der Waals surface area contributed by atoms with E-state index in [-0.39, 0.29) is 28.8 Å². The molecule has 0 spiro atoms. The third kappa shape index (κ3) is 4.83. The van der Waals surface area contributed by atoms with Gasteiger partial charge in [-0.3, -0.25) is 4.79 Å². The van der Waals surface area contributed by atoms with Crippen molar-refractivity contribution in [1.29, 1.82) is 0 Å². The van der Waals surface area contributed by atoms with Crippen LogP contribution in [0.4, 0.5) is 0 Å². The van der Waals surface area contributed by atoms with Gasteiger partial charge in [0.1, 0.15) is 5.75 Å². The maximum Gasteiger partial charge on any atom is 0.255 e. The first-order valence-electron chi connectivity index (χ1n) is 8.40. The zero-order valence-electron chi connectivity index (χ0n) is 15.2. The van der Waals surface area contributed by atoms with E-state index in [1.54, 1.807) is 6.92 Å². The number of benzene rings is 2. The SMILES string of the molecule is CCNC(=O)c1cc(S(=O)(=O)NC[C@@H](C)c2ccccc2)ccc1OC. The van der Waals surface area contributed by atoms with Crippen LogP contribution >= 0.6 is 0 Å². The van der Waals surface area contributed by atoms with Gasteiger partial charge in [0.05, 0.1) is 17.6 Å². The predicted molar refractivity (Wildman–Crippen MR) is 101 cm³/mol. The molecular formula is C19H24N2O4S. The van der Waals surface area contributed by atoms with Crippen molar-refractivity contribution in [2.45, 2.75) is 24.7 Å². The fraction of sp³-hybridized carbons (Fsp3) is 0.316. The lowest BCUT2D eigenvalue weighted by Gasteiger charge is -2.15. The van der Waals surface area contributed by atoms with Gasteiger partial charge in [-0.25, -0.2) is 13.1 Å². The Kier molecular flexibility index (Phi) is 6.76. The minimum Gasteiger partial charge on any atom is -0.496 e. The van der Waals surface area contributed by atoms with E-state index in [0.717, 1.165) is 5.56 Å². The van der Waals surface area contributed by atoms with Gasteiger partial charge in [0.25, 0.3) is 5.91 Å². The van der Waals surface area contributed by atoms with Crippen molar-refractivity contribution in [3.8, 4) is 5.75 Å². The third-order valence-corrected chi connectivity index (χ3v) is 5.43. The number of rotatable bonds is 8. The number of methoxy groups -OCH3 is 1. The Hall–Kier alpha value is -2.38. The molecule has 2 aromatic rings. The smallest absolute Gasteiger partial charge is 0.255 e. The molecule has 2 rings (SSSR count). The molecule has 2 N–H and O–H groups in total. The van der Waals surface area contributed by atoms with E-state index in [9.17, 15) is 13.2 Å². The molecule has 0 fully saturated rings. The van der Waals surface area contributed by atoms with Crippen LogP contribution in [0.25, 0.3) is 0 Å². The molecule has 0 aliphatic carbocycles. The standard InChI is InChI=1S/C19H24N2O4S/c1-4-20-19(22)17-12-16(10-11-18(17)25-3)26(23,24)21-13-14(2)15-8-6-5-7-9-15/h5-12,14,21H,4,13H2,1-3H3,(H,20,22)/t14-/m1/s1. The second-order valence-electron chi connectivity index (χ2n) is 5.89. The number of sulfonamides is 1. The van der Waals surface area contributed by atoms with Crippen LogP contribution in [-0.4, -0.2) is 34.5 Å². The highest BCUT2D eigenvalue weighted by Crippen LogP contribution is 2.23. The molecule has 0 aliphatic heterocycles. The number of carbonyl (C=O) groups is 1. The summed E-state index contributed by atoms with van der Waals surface area (Å²) < 4.78 is 33.0. The molecule has 0 saturated carbocycles. The first-order valence-corrected chi connectivity index (χ1v) is 9.88. The Morgan fingerprint density at radius 2 is 1.85 bits per heavy atom. The van der Waals surface area contributed by atoms with Crippen LogP contribution in [0.2, 0.25) is 0 Å². The Morgan fingerprint density at radius 3 is 2.46 bits per heavy atom. The van der Waals surface area contributed by atoms with E-state index in [1.165, 1.54) is 25.3 Å². The average molecular weight is 376 g/mol. The summed E-state index contributed by atoms with van der Waals surface area (Å²) in [5.74, 6) is -0.0290. The normalized spacial score (nSPS) is 12.4. The second kappa shape index (κ2) is 8.82. The lowest BCUT2D eigenvalue weighted by molar-refractivity contribution is 0.0952. The lowest BCUT2D eigenvalue weighted by Crippen LogP contribution is -2.28. The van der Waals surface area contributed by atoms with Crippen molar-refractivity contribution in [1.82, 2.24) is 10.0 Å². The highest BCUT2D eigenvalue weighted by Gasteiger charge is 2.20. The molecule has 6 nitrogen and oxygen atoms in total. The maximum atomic E-state index is 12.6. The van der Waals surface area contributed by atoms with Gasteiger partial charge < -0.3 is 10.1 Å². The summed E-state index contributed by atoms with van der Waals surface area (Å²) in [5.41, 5.74) is 1.24. The second-order valence-corrected chi connectivity index (χ2v) is 7.65. The summed E-state index contributed by atoms with van der Waals surface area (Å²) >= 11 is 0. The summed E-state index contributed by atoms with van der Waals surface area (Å²) in [6.45, 7) is 4.43. The Labute approximate surface area is 154 Å². The Morgan fingerprint density at radius 1 is 1.15 bits per heavy atom. The zero-order chi connectivity index (χ0) is 19.2. The quantitative estimate of drug-likeness (QED) is 0.741. The molecule has 7 heteroatoms. The molecule has 0 unspecified atom stereocenters. The molecule has 0 saturated heterocycles. The molecule has 1 atom stereocenters. The van der Waals surface area contributed by atoms with Crippen LogP contribution in [0.3, 0.4) is 0 Å². The largest absolute Gasteiger partial charge is 0.496 e. The van der Waals surface area contributed by atoms with Crippen molar-refractivity contribution in [3.05, 3.63) is 59.7 Å². The number of carbonyl (C=O) groups excluding carboxylic acids is 1. The Balaban J connectivity index is 2.20. The van der Waals surface area contributed by atoms with Gasteiger partial charge >= 0.3 is 0 Å². The fourth-order valence-corrected chi connectivity index (χ4v) is 3.66. The van der Waals surface area contributed by atoms with Crippen LogP contribution in [0.5, 0.6) is 5.75 Å². The van der Waals surface area contributed by atoms with Gasteiger partial charge in [0.15, 0.2) is 0 Å². The minimum absolute atomic E-state index is 0.0204. The summed E-state index contributed by atoms with van der Waals surface area (Å²) in [6, 6.07) is 13.9. The van der Waals surface area contributed by atoms with Gasteiger partial charge in [-0.15, -0.1) is 0 Å². The molecule has 0 bridgehead atoms. The van der Waals surface area contributed by atoms with E-state index in [4.69, 9.17) is 4.74 Å². The fourth-order valence-electron chi connectivity index (χ4n) is 2.50. The van der Waals surface area contributed by atoms with Crippen LogP contribution in [0.15, 0.2) is 53.4 Å². The van der Waals surface area contributed by atoms with Crippen LogP contribution in [0.1, 0.15) is 35.7 Å². The van der Waals surface area contributed by atoms with E-state index < -0.39 is 10.0 Å². The van der Waals surface area contributed by atoms with E-state index in [0.29, 0.717) is 12.3 Å². The molecule has 0 radical (unpaired) electrons. The van der Waals surface area contributed by atoms with Crippen molar-refractivity contribution in [2.24, 2.45) is 0 Å². The van der Waals surface area contributed by atoms with E-state index >= 15 is 0 Å². The number of ether oxygens (including phenoxy) is 1. The topological polar surface area (TPSA) is 84.5 Å². The first kappa shape index (κ1) is 19.9. The number of amides is 1. The summed E-state index contributed by atoms with van der Waals surface area (Å²) in [7, 11) is -2.31. The van der Waals surface area contributed by atoms with Crippen LogP contribution in [-0.2, 0) is 10.0 Å². The van der Waals surface area contributed by atoms with Crippen LogP contribution < -0.4 is 14.8 Å². The molecule has 0 aromatic heterocycles. The monoisotopic (exact) mass is 376 g/mol. The molecule has 0 heterocycles. The summed E-state index contributed by atoms with van der Waals surface area (Å²) in [4.78, 5) is 12.2. The zero-order valence-corrected chi connectivity index (χ0v) is 16.0. The van der Waals surface area contributed by atoms with Crippen molar-refractivity contribution in [2.75, 3.05) is 20.2 Å². The third-order valence-electron chi connectivity index (χ3n) is 4.01. The van der Waals surface area contributed by atoms with E-state index in [2.05, 4.69) is 10.0 Å². The first-order chi connectivity index (χ1) is 12.4. The maximum absolute atomic E-state index is 12.6. The number of hydrogen-bond donors (Lipinski definition) is 2. The molecule has 1 amide bonds. The highest BCUT2D eigenvalue weighted by atomic mass is 32.2. The number of nitrogens with one attached hydrogen (secondary N) is 2. The average Bonchev–Trinajstić information content (AvgIpc) is 2.66. The Bertz CT molecular complexity index is 851. The highest BCUT2D eigenvalue weighted by molar-refractivity contribution is 7.89. The van der Waals surface area contributed by atoms with Crippen molar-refractivity contribution >= 4 is 15.9 Å². The molecule has 0 aliphatic rings.